The predicted octanol–water partition coefficient (Wildman–Crippen LogP) is 2.10. The van der Waals surface area contributed by atoms with Crippen LogP contribution in [0.1, 0.15) is 0 Å². The molecule has 0 aliphatic carbocycles. The molecule has 0 heterocycles. The Balaban J connectivity index is 4.87. The standard InChI is InChI=1S/C5H6F6O2/c1-12-4(3(7)8,13-2-6)5(9,10)11/h3H,2H2,1H3. The second-order valence-corrected chi connectivity index (χ2v) is 1.92. The van der Waals surface area contributed by atoms with Crippen molar-refractivity contribution in [3.63, 3.8) is 0 Å². The van der Waals surface area contributed by atoms with Crippen LogP contribution in [-0.4, -0.2) is 32.4 Å². The van der Waals surface area contributed by atoms with Gasteiger partial charge in [0.25, 0.3) is 0 Å². The maximum Gasteiger partial charge on any atom is 0.449 e. The fourth-order valence-corrected chi connectivity index (χ4v) is 0.613. The van der Waals surface area contributed by atoms with Gasteiger partial charge < -0.3 is 9.47 Å². The SMILES string of the molecule is COC(OCF)(C(F)F)C(F)(F)F. The summed E-state index contributed by atoms with van der Waals surface area (Å²) < 4.78 is 77.7. The smallest absolute Gasteiger partial charge is 0.341 e. The van der Waals surface area contributed by atoms with Gasteiger partial charge in [0.1, 0.15) is 0 Å². The normalized spacial score (nSPS) is 17.5. The average Bonchev–Trinajstić information content (AvgIpc) is 1.96. The molecule has 0 bridgehead atoms. The van der Waals surface area contributed by atoms with E-state index in [0.717, 1.165) is 0 Å². The van der Waals surface area contributed by atoms with Gasteiger partial charge >= 0.3 is 18.4 Å². The van der Waals surface area contributed by atoms with Crippen molar-refractivity contribution in [2.24, 2.45) is 0 Å². The summed E-state index contributed by atoms with van der Waals surface area (Å²) in [6.45, 7) is -2.02. The molecule has 80 valence electrons. The Hall–Kier alpha value is -0.500. The van der Waals surface area contributed by atoms with E-state index >= 15 is 0 Å². The van der Waals surface area contributed by atoms with Crippen molar-refractivity contribution in [2.45, 2.75) is 18.4 Å². The minimum absolute atomic E-state index is 0.356. The Bertz CT molecular complexity index is 158. The van der Waals surface area contributed by atoms with Crippen LogP contribution in [0.15, 0.2) is 0 Å². The van der Waals surface area contributed by atoms with Crippen LogP contribution < -0.4 is 0 Å². The van der Waals surface area contributed by atoms with E-state index < -0.39 is 25.2 Å². The van der Waals surface area contributed by atoms with E-state index in [9.17, 15) is 26.3 Å². The Morgan fingerprint density at radius 3 is 1.77 bits per heavy atom. The molecule has 0 radical (unpaired) electrons. The van der Waals surface area contributed by atoms with Crippen LogP contribution in [-0.2, 0) is 9.47 Å². The molecule has 0 aromatic heterocycles. The topological polar surface area (TPSA) is 18.5 Å². The zero-order valence-corrected chi connectivity index (χ0v) is 6.37. The summed E-state index contributed by atoms with van der Waals surface area (Å²) in [5, 5.41) is 0. The first-order valence-electron chi connectivity index (χ1n) is 2.91. The number of alkyl halides is 6. The maximum absolute atomic E-state index is 11.9. The van der Waals surface area contributed by atoms with Crippen LogP contribution in [0.3, 0.4) is 0 Å². The van der Waals surface area contributed by atoms with Gasteiger partial charge in [0, 0.05) is 7.11 Å². The summed E-state index contributed by atoms with van der Waals surface area (Å²) in [7, 11) is 0.356. The van der Waals surface area contributed by atoms with Gasteiger partial charge in [-0.05, 0) is 0 Å². The first kappa shape index (κ1) is 12.5. The van der Waals surface area contributed by atoms with Crippen LogP contribution in [0, 0.1) is 0 Å². The lowest BCUT2D eigenvalue weighted by Gasteiger charge is -2.31. The monoisotopic (exact) mass is 212 g/mol. The Morgan fingerprint density at radius 1 is 1.23 bits per heavy atom. The number of hydrogen-bond acceptors (Lipinski definition) is 2. The van der Waals surface area contributed by atoms with Gasteiger partial charge in [0.05, 0.1) is 0 Å². The number of methoxy groups -OCH3 is 1. The molecule has 2 nitrogen and oxygen atoms in total. The van der Waals surface area contributed by atoms with Crippen LogP contribution >= 0.6 is 0 Å². The van der Waals surface area contributed by atoms with E-state index in [-0.39, 0.29) is 0 Å². The van der Waals surface area contributed by atoms with Gasteiger partial charge in [0.15, 0.2) is 6.86 Å². The number of rotatable bonds is 4. The molecule has 0 aromatic rings. The van der Waals surface area contributed by atoms with Crippen LogP contribution in [0.4, 0.5) is 26.3 Å². The molecule has 0 saturated carbocycles. The molecule has 0 aromatic carbocycles. The van der Waals surface area contributed by atoms with Crippen LogP contribution in [0.5, 0.6) is 0 Å². The molecule has 0 N–H and O–H groups in total. The lowest BCUT2D eigenvalue weighted by molar-refractivity contribution is -0.414. The summed E-state index contributed by atoms with van der Waals surface area (Å²) in [5.41, 5.74) is 0. The second kappa shape index (κ2) is 4.14. The summed E-state index contributed by atoms with van der Waals surface area (Å²) in [4.78, 5) is 0. The van der Waals surface area contributed by atoms with Gasteiger partial charge in [-0.25, -0.2) is 13.2 Å². The van der Waals surface area contributed by atoms with E-state index in [0.29, 0.717) is 7.11 Å². The first-order chi connectivity index (χ1) is 5.81. The Labute approximate surface area is 69.4 Å². The van der Waals surface area contributed by atoms with Crippen LogP contribution in [0.25, 0.3) is 0 Å². The van der Waals surface area contributed by atoms with Crippen molar-refractivity contribution in [3.05, 3.63) is 0 Å². The van der Waals surface area contributed by atoms with Gasteiger partial charge in [-0.1, -0.05) is 0 Å². The zero-order valence-electron chi connectivity index (χ0n) is 6.37. The summed E-state index contributed by atoms with van der Waals surface area (Å²) in [5.74, 6) is -4.18. The molecule has 1 unspecified atom stereocenters. The lowest BCUT2D eigenvalue weighted by atomic mass is 10.3. The molecule has 8 heteroatoms. The Morgan fingerprint density at radius 2 is 1.69 bits per heavy atom. The molecular formula is C5H6F6O2. The Kier molecular flexibility index (Phi) is 3.98. The number of ether oxygens (including phenoxy) is 2. The molecule has 1 atom stereocenters. The highest BCUT2D eigenvalue weighted by Crippen LogP contribution is 2.39. The van der Waals surface area contributed by atoms with E-state index in [2.05, 4.69) is 9.47 Å². The van der Waals surface area contributed by atoms with Gasteiger partial charge in [-0.2, -0.15) is 13.2 Å². The molecule has 0 aliphatic rings. The number of hydrogen-bond donors (Lipinski definition) is 0. The summed E-state index contributed by atoms with van der Waals surface area (Å²) in [6, 6.07) is 0. The van der Waals surface area contributed by atoms with Crippen molar-refractivity contribution < 1.29 is 35.8 Å². The van der Waals surface area contributed by atoms with E-state index in [1.165, 1.54) is 0 Å². The molecule has 0 amide bonds. The highest BCUT2D eigenvalue weighted by atomic mass is 19.4. The van der Waals surface area contributed by atoms with Crippen molar-refractivity contribution in [2.75, 3.05) is 14.0 Å². The third-order valence-electron chi connectivity index (χ3n) is 1.25. The van der Waals surface area contributed by atoms with Gasteiger partial charge in [0.2, 0.25) is 0 Å². The highest BCUT2D eigenvalue weighted by Gasteiger charge is 2.64. The third-order valence-corrected chi connectivity index (χ3v) is 1.25. The van der Waals surface area contributed by atoms with E-state index in [1.807, 2.05) is 0 Å². The third kappa shape index (κ3) is 2.25. The molecule has 0 saturated heterocycles. The lowest BCUT2D eigenvalue weighted by Crippen LogP contribution is -2.55. The fourth-order valence-electron chi connectivity index (χ4n) is 0.613. The number of halogens is 6. The van der Waals surface area contributed by atoms with Gasteiger partial charge in [-0.15, -0.1) is 0 Å². The molecule has 0 spiro atoms. The molecule has 0 aliphatic heterocycles. The minimum atomic E-state index is -5.50. The second-order valence-electron chi connectivity index (χ2n) is 1.92. The molecule has 0 rings (SSSR count). The predicted molar refractivity (Wildman–Crippen MR) is 28.9 cm³/mol. The summed E-state index contributed by atoms with van der Waals surface area (Å²) in [6.07, 6.45) is -9.52. The van der Waals surface area contributed by atoms with Crippen molar-refractivity contribution >= 4 is 0 Å². The summed E-state index contributed by atoms with van der Waals surface area (Å²) >= 11 is 0. The quantitative estimate of drug-likeness (QED) is 0.524. The van der Waals surface area contributed by atoms with E-state index in [4.69, 9.17) is 0 Å². The van der Waals surface area contributed by atoms with Crippen molar-refractivity contribution in [1.82, 2.24) is 0 Å². The zero-order chi connectivity index (χ0) is 10.7. The average molecular weight is 212 g/mol. The van der Waals surface area contributed by atoms with Crippen molar-refractivity contribution in [1.29, 1.82) is 0 Å². The molecule has 13 heavy (non-hydrogen) atoms. The first-order valence-corrected chi connectivity index (χ1v) is 2.91. The largest absolute Gasteiger partial charge is 0.449 e. The fraction of sp³-hybridized carbons (Fsp3) is 1.00. The van der Waals surface area contributed by atoms with Crippen molar-refractivity contribution in [3.8, 4) is 0 Å². The molecule has 0 fully saturated rings. The maximum atomic E-state index is 11.9. The van der Waals surface area contributed by atoms with Gasteiger partial charge in [-0.3, -0.25) is 0 Å². The highest BCUT2D eigenvalue weighted by molar-refractivity contribution is 4.81. The minimum Gasteiger partial charge on any atom is -0.341 e. The van der Waals surface area contributed by atoms with E-state index in [1.54, 1.807) is 0 Å². The molecular weight excluding hydrogens is 206 g/mol. The van der Waals surface area contributed by atoms with Crippen LogP contribution in [0.2, 0.25) is 0 Å².